The van der Waals surface area contributed by atoms with Crippen LogP contribution in [0.3, 0.4) is 0 Å². The minimum atomic E-state index is -0.975. The summed E-state index contributed by atoms with van der Waals surface area (Å²) in [5.41, 5.74) is 1.32. The molecule has 0 saturated carbocycles. The van der Waals surface area contributed by atoms with E-state index in [0.29, 0.717) is 43.2 Å². The molecule has 1 aromatic carbocycles. The monoisotopic (exact) mass is 473 g/mol. The summed E-state index contributed by atoms with van der Waals surface area (Å²) in [7, 11) is 0. The maximum atomic E-state index is 12.3. The molecule has 156 valence electrons. The molecular weight excluding hydrogens is 454 g/mol. The van der Waals surface area contributed by atoms with Crippen LogP contribution in [0.2, 0.25) is 0 Å². The van der Waals surface area contributed by atoms with E-state index < -0.39 is 18.0 Å². The van der Waals surface area contributed by atoms with Crippen LogP contribution in [-0.4, -0.2) is 67.8 Å². The van der Waals surface area contributed by atoms with Crippen molar-refractivity contribution in [3.8, 4) is 0 Å². The van der Waals surface area contributed by atoms with Crippen LogP contribution in [0.25, 0.3) is 10.9 Å². The zero-order chi connectivity index (χ0) is 21.3. The predicted molar refractivity (Wildman–Crippen MR) is 113 cm³/mol. The fourth-order valence-electron chi connectivity index (χ4n) is 3.90. The summed E-state index contributed by atoms with van der Waals surface area (Å²) < 4.78 is 2.39. The van der Waals surface area contributed by atoms with Gasteiger partial charge in [-0.1, -0.05) is 18.2 Å². The average Bonchev–Trinajstić information content (AvgIpc) is 3.07. The Morgan fingerprint density at radius 2 is 1.73 bits per heavy atom. The van der Waals surface area contributed by atoms with Gasteiger partial charge in [0.25, 0.3) is 0 Å². The van der Waals surface area contributed by atoms with Gasteiger partial charge in [-0.3, -0.25) is 14.5 Å². The Balaban J connectivity index is 1.60. The summed E-state index contributed by atoms with van der Waals surface area (Å²) >= 11 is 3.32. The van der Waals surface area contributed by atoms with Gasteiger partial charge in [-0.2, -0.15) is 0 Å². The lowest BCUT2D eigenvalue weighted by Gasteiger charge is -2.37. The van der Waals surface area contributed by atoms with E-state index in [1.165, 1.54) is 0 Å². The van der Waals surface area contributed by atoms with Gasteiger partial charge in [-0.25, -0.2) is 9.97 Å². The largest absolute Gasteiger partial charge is 0.480 e. The quantitative estimate of drug-likeness (QED) is 0.560. The second kappa shape index (κ2) is 8.41. The maximum Gasteiger partial charge on any atom is 0.325 e. The van der Waals surface area contributed by atoms with Crippen molar-refractivity contribution >= 4 is 44.7 Å². The molecule has 2 N–H and O–H groups in total. The molecule has 1 saturated heterocycles. The first-order chi connectivity index (χ1) is 14.4. The second-order valence-corrected chi connectivity index (χ2v) is 8.00. The number of benzene rings is 1. The molecule has 1 atom stereocenters. The molecule has 0 radical (unpaired) electrons. The molecule has 30 heavy (non-hydrogen) atoms. The number of carbonyl (C=O) groups is 2. The second-order valence-electron chi connectivity index (χ2n) is 7.09. The number of halogens is 1. The van der Waals surface area contributed by atoms with Gasteiger partial charge in [0.1, 0.15) is 12.6 Å². The van der Waals surface area contributed by atoms with Gasteiger partial charge in [0.05, 0.1) is 4.47 Å². The van der Waals surface area contributed by atoms with E-state index >= 15 is 0 Å². The molecule has 3 aromatic rings. The molecule has 2 aromatic heterocycles. The topological polar surface area (TPSA) is 112 Å². The van der Waals surface area contributed by atoms with Crippen LogP contribution >= 0.6 is 15.9 Å². The van der Waals surface area contributed by atoms with Gasteiger partial charge in [-0.05, 0) is 22.0 Å². The van der Waals surface area contributed by atoms with Gasteiger partial charge in [-0.15, -0.1) is 0 Å². The number of hydrogen-bond acceptors (Lipinski definition) is 6. The third kappa shape index (κ3) is 4.01. The lowest BCUT2D eigenvalue weighted by molar-refractivity contribution is -0.143. The lowest BCUT2D eigenvalue weighted by atomic mass is 10.0. The molecule has 3 heterocycles. The highest BCUT2D eigenvalue weighted by atomic mass is 79.9. The molecular formula is C20H20BrN5O4. The van der Waals surface area contributed by atoms with Crippen LogP contribution < -0.4 is 4.90 Å². The summed E-state index contributed by atoms with van der Waals surface area (Å²) in [6.45, 7) is 2.02. The number of nitrogens with zero attached hydrogens (tertiary/aromatic N) is 5. The molecule has 0 aliphatic carbocycles. The van der Waals surface area contributed by atoms with Crippen molar-refractivity contribution in [3.05, 3.63) is 52.9 Å². The number of hydrogen-bond donors (Lipinski definition) is 2. The number of carboxylic acid groups (broad SMARTS) is 2. The summed E-state index contributed by atoms with van der Waals surface area (Å²) in [6.07, 6.45) is 5.03. The number of carboxylic acids is 2. The number of anilines is 1. The maximum absolute atomic E-state index is 12.3. The van der Waals surface area contributed by atoms with E-state index in [9.17, 15) is 19.8 Å². The highest BCUT2D eigenvalue weighted by Gasteiger charge is 2.33. The fraction of sp³-hybridized carbons (Fsp3) is 0.300. The summed E-state index contributed by atoms with van der Waals surface area (Å²) in [4.78, 5) is 36.1. The standard InChI is InChI=1S/C20H20BrN5O4/c21-13-9-22-20(23-10-13)25-7-5-24(6-8-25)18(19(29)30)15-11-26(12-17(27)28)16-4-2-1-3-14(15)16/h1-4,9-11,18H,5-8,12H2,(H,27,28)(H,29,30). The smallest absolute Gasteiger partial charge is 0.325 e. The van der Waals surface area contributed by atoms with E-state index in [2.05, 4.69) is 25.9 Å². The van der Waals surface area contributed by atoms with Crippen molar-refractivity contribution in [2.24, 2.45) is 0 Å². The van der Waals surface area contributed by atoms with Crippen LogP contribution in [0.4, 0.5) is 5.95 Å². The van der Waals surface area contributed by atoms with Gasteiger partial charge in [0.15, 0.2) is 0 Å². The SMILES string of the molecule is O=C(O)Cn1cc(C(C(=O)O)N2CCN(c3ncc(Br)cn3)CC2)c2ccccc21. The first-order valence-corrected chi connectivity index (χ1v) is 10.2. The molecule has 0 spiro atoms. The third-order valence-corrected chi connectivity index (χ3v) is 5.63. The molecule has 1 unspecified atom stereocenters. The first kappa shape index (κ1) is 20.3. The lowest BCUT2D eigenvalue weighted by Crippen LogP contribution is -2.49. The molecule has 1 aliphatic heterocycles. The van der Waals surface area contributed by atoms with Crippen molar-refractivity contribution in [2.45, 2.75) is 12.6 Å². The molecule has 1 aliphatic rings. The van der Waals surface area contributed by atoms with E-state index in [1.807, 2.05) is 34.1 Å². The Morgan fingerprint density at radius 1 is 1.07 bits per heavy atom. The molecule has 4 rings (SSSR count). The minimum Gasteiger partial charge on any atom is -0.480 e. The van der Waals surface area contributed by atoms with Crippen LogP contribution in [0.1, 0.15) is 11.6 Å². The Kier molecular flexibility index (Phi) is 5.69. The van der Waals surface area contributed by atoms with Gasteiger partial charge < -0.3 is 19.7 Å². The zero-order valence-electron chi connectivity index (χ0n) is 16.0. The Hall–Kier alpha value is -2.98. The average molecular weight is 474 g/mol. The Morgan fingerprint density at radius 3 is 2.37 bits per heavy atom. The number of piperazine rings is 1. The number of aliphatic carboxylic acids is 2. The van der Waals surface area contributed by atoms with E-state index in [0.717, 1.165) is 9.86 Å². The van der Waals surface area contributed by atoms with E-state index in [-0.39, 0.29) is 6.54 Å². The summed E-state index contributed by atoms with van der Waals surface area (Å²) in [5.74, 6) is -1.32. The zero-order valence-corrected chi connectivity index (χ0v) is 17.6. The predicted octanol–water partition coefficient (Wildman–Crippen LogP) is 2.23. The van der Waals surface area contributed by atoms with Crippen molar-refractivity contribution < 1.29 is 19.8 Å². The van der Waals surface area contributed by atoms with Crippen LogP contribution in [0, 0.1) is 0 Å². The molecule has 1 fully saturated rings. The van der Waals surface area contributed by atoms with Crippen LogP contribution in [-0.2, 0) is 16.1 Å². The molecule has 0 amide bonds. The summed E-state index contributed by atoms with van der Waals surface area (Å²) in [6, 6.07) is 6.43. The first-order valence-electron chi connectivity index (χ1n) is 9.43. The molecule has 0 bridgehead atoms. The van der Waals surface area contributed by atoms with Crippen LogP contribution in [0.15, 0.2) is 47.3 Å². The summed E-state index contributed by atoms with van der Waals surface area (Å²) in [5, 5.41) is 20.0. The van der Waals surface area contributed by atoms with Crippen LogP contribution in [0.5, 0.6) is 0 Å². The van der Waals surface area contributed by atoms with E-state index in [1.54, 1.807) is 23.2 Å². The van der Waals surface area contributed by atoms with Gasteiger partial charge in [0, 0.05) is 61.2 Å². The van der Waals surface area contributed by atoms with Crippen molar-refractivity contribution in [1.82, 2.24) is 19.4 Å². The number of para-hydroxylation sites is 1. The fourth-order valence-corrected chi connectivity index (χ4v) is 4.11. The number of aromatic nitrogens is 3. The Labute approximate surface area is 180 Å². The highest BCUT2D eigenvalue weighted by Crippen LogP contribution is 2.31. The highest BCUT2D eigenvalue weighted by molar-refractivity contribution is 9.10. The Bertz CT molecular complexity index is 1080. The third-order valence-electron chi connectivity index (χ3n) is 5.22. The molecule has 10 heteroatoms. The molecule has 9 nitrogen and oxygen atoms in total. The van der Waals surface area contributed by atoms with Gasteiger partial charge in [0.2, 0.25) is 5.95 Å². The van der Waals surface area contributed by atoms with Crippen molar-refractivity contribution in [2.75, 3.05) is 31.1 Å². The number of fused-ring (bicyclic) bond motifs is 1. The minimum absolute atomic E-state index is 0.221. The number of rotatable bonds is 6. The van der Waals surface area contributed by atoms with Gasteiger partial charge >= 0.3 is 11.9 Å². The normalized spacial score (nSPS) is 16.0. The van der Waals surface area contributed by atoms with Crippen molar-refractivity contribution in [3.63, 3.8) is 0 Å². The van der Waals surface area contributed by atoms with Crippen molar-refractivity contribution in [1.29, 1.82) is 0 Å². The van der Waals surface area contributed by atoms with E-state index in [4.69, 9.17) is 0 Å².